The van der Waals surface area contributed by atoms with E-state index in [1.807, 2.05) is 6.20 Å². The maximum absolute atomic E-state index is 6.03. The Morgan fingerprint density at radius 3 is 2.90 bits per heavy atom. The van der Waals surface area contributed by atoms with Gasteiger partial charge < -0.3 is 10.1 Å². The largest absolute Gasteiger partial charge is 0.376 e. The Labute approximate surface area is 130 Å². The zero-order valence-electron chi connectivity index (χ0n) is 12.7. The minimum Gasteiger partial charge on any atom is -0.376 e. The highest BCUT2D eigenvalue weighted by molar-refractivity contribution is 9.10. The summed E-state index contributed by atoms with van der Waals surface area (Å²) in [5.74, 6) is 0. The number of hydrogen-bond donors (Lipinski definition) is 1. The van der Waals surface area contributed by atoms with Crippen LogP contribution in [0.5, 0.6) is 0 Å². The number of hydrogen-bond acceptors (Lipinski definition) is 3. The van der Waals surface area contributed by atoms with Crippen molar-refractivity contribution in [3.63, 3.8) is 0 Å². The molecule has 0 spiro atoms. The van der Waals surface area contributed by atoms with E-state index in [-0.39, 0.29) is 12.1 Å². The average molecular weight is 344 g/mol. The van der Waals surface area contributed by atoms with Gasteiger partial charge in [0.1, 0.15) is 0 Å². The highest BCUT2D eigenvalue weighted by atomic mass is 79.9. The summed E-state index contributed by atoms with van der Waals surface area (Å²) in [6, 6.07) is 0.570. The molecule has 1 aliphatic rings. The van der Waals surface area contributed by atoms with E-state index >= 15 is 0 Å². The monoisotopic (exact) mass is 343 g/mol. The van der Waals surface area contributed by atoms with Gasteiger partial charge in [-0.25, -0.2) is 0 Å². The number of nitrogens with zero attached hydrogens (tertiary/aromatic N) is 2. The van der Waals surface area contributed by atoms with Crippen LogP contribution in [0, 0.1) is 0 Å². The Morgan fingerprint density at radius 2 is 2.30 bits per heavy atom. The fraction of sp³-hybridized carbons (Fsp3) is 0.800. The average Bonchev–Trinajstić information content (AvgIpc) is 2.83. The second kappa shape index (κ2) is 7.57. The first-order valence-corrected chi connectivity index (χ1v) is 8.52. The maximum Gasteiger partial charge on any atom is 0.0785 e. The second-order valence-corrected chi connectivity index (χ2v) is 6.61. The molecular formula is C15H26BrN3O. The lowest BCUT2D eigenvalue weighted by atomic mass is 9.99. The van der Waals surface area contributed by atoms with Gasteiger partial charge in [0.05, 0.1) is 28.5 Å². The summed E-state index contributed by atoms with van der Waals surface area (Å²) in [6.07, 6.45) is 6.83. The molecular weight excluding hydrogens is 318 g/mol. The first-order chi connectivity index (χ1) is 9.65. The topological polar surface area (TPSA) is 39.1 Å². The highest BCUT2D eigenvalue weighted by Gasteiger charge is 2.30. The molecule has 114 valence electrons. The molecule has 2 rings (SSSR count). The molecule has 0 aliphatic carbocycles. The lowest BCUT2D eigenvalue weighted by molar-refractivity contribution is -0.0103. The molecule has 2 atom stereocenters. The summed E-state index contributed by atoms with van der Waals surface area (Å²) < 4.78 is 9.21. The summed E-state index contributed by atoms with van der Waals surface area (Å²) in [7, 11) is 0. The normalized spacial score (nSPS) is 21.4. The summed E-state index contributed by atoms with van der Waals surface area (Å²) >= 11 is 3.67. The third-order valence-corrected chi connectivity index (χ3v) is 4.38. The van der Waals surface area contributed by atoms with Crippen LogP contribution < -0.4 is 5.32 Å². The Balaban J connectivity index is 2.27. The van der Waals surface area contributed by atoms with Crippen molar-refractivity contribution in [2.75, 3.05) is 13.2 Å². The summed E-state index contributed by atoms with van der Waals surface area (Å²) in [6.45, 7) is 8.41. The molecule has 1 aliphatic heterocycles. The molecule has 1 aromatic rings. The van der Waals surface area contributed by atoms with Crippen molar-refractivity contribution >= 4 is 15.9 Å². The molecule has 5 heteroatoms. The standard InChI is InChI=1S/C15H26BrN3O/c1-4-8-17-14(13-7-5-6-9-20-13)15-12(16)10-18-19(15)11(2)3/h10-11,13-14,17H,4-9H2,1-3H3. The van der Waals surface area contributed by atoms with Gasteiger partial charge in [0.15, 0.2) is 0 Å². The minimum absolute atomic E-state index is 0.217. The second-order valence-electron chi connectivity index (χ2n) is 5.75. The van der Waals surface area contributed by atoms with Crippen molar-refractivity contribution in [2.24, 2.45) is 0 Å². The zero-order chi connectivity index (χ0) is 14.5. The van der Waals surface area contributed by atoms with Crippen molar-refractivity contribution < 1.29 is 4.74 Å². The predicted octanol–water partition coefficient (Wildman–Crippen LogP) is 3.84. The summed E-state index contributed by atoms with van der Waals surface area (Å²) in [4.78, 5) is 0. The molecule has 1 aromatic heterocycles. The van der Waals surface area contributed by atoms with Crippen LogP contribution in [0.2, 0.25) is 0 Å². The van der Waals surface area contributed by atoms with E-state index in [9.17, 15) is 0 Å². The Hall–Kier alpha value is -0.390. The van der Waals surface area contributed by atoms with E-state index in [0.29, 0.717) is 6.04 Å². The summed E-state index contributed by atoms with van der Waals surface area (Å²) in [5.41, 5.74) is 1.22. The van der Waals surface area contributed by atoms with E-state index in [4.69, 9.17) is 4.74 Å². The van der Waals surface area contributed by atoms with Crippen molar-refractivity contribution in [1.29, 1.82) is 0 Å². The van der Waals surface area contributed by atoms with E-state index in [1.54, 1.807) is 0 Å². The fourth-order valence-corrected chi connectivity index (χ4v) is 3.31. The first kappa shape index (κ1) is 16.0. The van der Waals surface area contributed by atoms with Crippen LogP contribution in [0.4, 0.5) is 0 Å². The van der Waals surface area contributed by atoms with Gasteiger partial charge >= 0.3 is 0 Å². The molecule has 1 N–H and O–H groups in total. The third-order valence-electron chi connectivity index (χ3n) is 3.77. The lowest BCUT2D eigenvalue weighted by Gasteiger charge is -2.32. The van der Waals surface area contributed by atoms with Crippen LogP contribution in [-0.2, 0) is 4.74 Å². The number of rotatable bonds is 6. The van der Waals surface area contributed by atoms with E-state index in [1.165, 1.54) is 18.5 Å². The maximum atomic E-state index is 6.03. The molecule has 0 bridgehead atoms. The Morgan fingerprint density at radius 1 is 1.50 bits per heavy atom. The van der Waals surface area contributed by atoms with Crippen LogP contribution in [0.15, 0.2) is 10.7 Å². The molecule has 4 nitrogen and oxygen atoms in total. The van der Waals surface area contributed by atoms with Crippen LogP contribution >= 0.6 is 15.9 Å². The molecule has 1 saturated heterocycles. The SMILES string of the molecule is CCCNC(c1c(Br)cnn1C(C)C)C1CCCCO1. The van der Waals surface area contributed by atoms with Gasteiger partial charge in [0.2, 0.25) is 0 Å². The molecule has 0 saturated carbocycles. The predicted molar refractivity (Wildman–Crippen MR) is 84.9 cm³/mol. The van der Waals surface area contributed by atoms with Crippen LogP contribution in [0.1, 0.15) is 64.2 Å². The molecule has 1 fully saturated rings. The van der Waals surface area contributed by atoms with Gasteiger partial charge in [-0.05, 0) is 62.0 Å². The fourth-order valence-electron chi connectivity index (χ4n) is 2.79. The molecule has 2 heterocycles. The number of nitrogens with one attached hydrogen (secondary N) is 1. The van der Waals surface area contributed by atoms with Crippen LogP contribution in [0.3, 0.4) is 0 Å². The van der Waals surface area contributed by atoms with E-state index in [2.05, 4.69) is 51.8 Å². The van der Waals surface area contributed by atoms with Crippen molar-refractivity contribution in [2.45, 2.75) is 64.6 Å². The van der Waals surface area contributed by atoms with Gasteiger partial charge in [0, 0.05) is 12.6 Å². The van der Waals surface area contributed by atoms with Crippen molar-refractivity contribution in [3.05, 3.63) is 16.4 Å². The molecule has 2 unspecified atom stereocenters. The van der Waals surface area contributed by atoms with Gasteiger partial charge in [-0.15, -0.1) is 0 Å². The summed E-state index contributed by atoms with van der Waals surface area (Å²) in [5, 5.41) is 8.18. The molecule has 0 amide bonds. The van der Waals surface area contributed by atoms with Gasteiger partial charge in [-0.1, -0.05) is 6.92 Å². The first-order valence-electron chi connectivity index (χ1n) is 7.73. The zero-order valence-corrected chi connectivity index (χ0v) is 14.3. The van der Waals surface area contributed by atoms with Crippen LogP contribution in [-0.4, -0.2) is 29.0 Å². The Kier molecular flexibility index (Phi) is 6.05. The molecule has 0 radical (unpaired) electrons. The number of aromatic nitrogens is 2. The smallest absolute Gasteiger partial charge is 0.0785 e. The third kappa shape index (κ3) is 3.62. The van der Waals surface area contributed by atoms with E-state index in [0.717, 1.165) is 30.5 Å². The highest BCUT2D eigenvalue weighted by Crippen LogP contribution is 2.32. The Bertz CT molecular complexity index is 413. The van der Waals surface area contributed by atoms with Crippen molar-refractivity contribution in [1.82, 2.24) is 15.1 Å². The minimum atomic E-state index is 0.217. The van der Waals surface area contributed by atoms with Gasteiger partial charge in [-0.2, -0.15) is 5.10 Å². The van der Waals surface area contributed by atoms with Gasteiger partial charge in [0.25, 0.3) is 0 Å². The number of halogens is 1. The van der Waals surface area contributed by atoms with Gasteiger partial charge in [-0.3, -0.25) is 4.68 Å². The quantitative estimate of drug-likeness (QED) is 0.852. The van der Waals surface area contributed by atoms with Crippen LogP contribution in [0.25, 0.3) is 0 Å². The lowest BCUT2D eigenvalue weighted by Crippen LogP contribution is -2.38. The van der Waals surface area contributed by atoms with Crippen molar-refractivity contribution in [3.8, 4) is 0 Å². The van der Waals surface area contributed by atoms with E-state index < -0.39 is 0 Å². The number of ether oxygens (including phenoxy) is 1. The molecule has 20 heavy (non-hydrogen) atoms. The molecule has 0 aromatic carbocycles.